The summed E-state index contributed by atoms with van der Waals surface area (Å²) in [6.07, 6.45) is -0.563. The number of aliphatic hydroxyl groups excluding tert-OH is 1. The average Bonchev–Trinajstić information content (AvgIpc) is 2.37. The molecule has 0 bridgehead atoms. The summed E-state index contributed by atoms with van der Waals surface area (Å²) in [6, 6.07) is 9.56. The van der Waals surface area contributed by atoms with Crippen molar-refractivity contribution in [2.45, 2.75) is 23.4 Å². The maximum atomic E-state index is 11.6. The number of alkyl halides is 3. The Morgan fingerprint density at radius 3 is 2.50 bits per heavy atom. The molecular weight excluding hydrogens is 296 g/mol. The SMILES string of the molecule is O=C(CCc1ccccc1)NC(O)C(Cl)(Cl)CCl. The quantitative estimate of drug-likeness (QED) is 0.626. The molecule has 2 N–H and O–H groups in total. The van der Waals surface area contributed by atoms with Gasteiger partial charge in [-0.15, -0.1) is 11.6 Å². The van der Waals surface area contributed by atoms with Crippen LogP contribution in [0.15, 0.2) is 30.3 Å². The second-order valence-corrected chi connectivity index (χ2v) is 5.66. The summed E-state index contributed by atoms with van der Waals surface area (Å²) in [5.41, 5.74) is 1.04. The number of carbonyl (C=O) groups is 1. The zero-order chi connectivity index (χ0) is 13.6. The Bertz CT molecular complexity index is 384. The van der Waals surface area contributed by atoms with Gasteiger partial charge in [0.2, 0.25) is 5.91 Å². The molecule has 0 aliphatic carbocycles. The summed E-state index contributed by atoms with van der Waals surface area (Å²) in [5.74, 6) is -0.516. The minimum Gasteiger partial charge on any atom is -0.370 e. The fourth-order valence-electron chi connectivity index (χ4n) is 1.31. The molecule has 6 heteroatoms. The zero-order valence-corrected chi connectivity index (χ0v) is 11.8. The number of nitrogens with one attached hydrogen (secondary N) is 1. The molecule has 1 unspecified atom stereocenters. The normalized spacial score (nSPS) is 13.1. The molecule has 0 aromatic heterocycles. The number of hydrogen-bond acceptors (Lipinski definition) is 2. The highest BCUT2D eigenvalue weighted by Gasteiger charge is 2.33. The smallest absolute Gasteiger partial charge is 0.222 e. The molecule has 0 fully saturated rings. The minimum atomic E-state index is -1.58. The van der Waals surface area contributed by atoms with Crippen molar-refractivity contribution in [2.24, 2.45) is 0 Å². The zero-order valence-electron chi connectivity index (χ0n) is 9.57. The second kappa shape index (κ2) is 7.19. The molecule has 0 heterocycles. The van der Waals surface area contributed by atoms with E-state index in [0.29, 0.717) is 6.42 Å². The first kappa shape index (κ1) is 15.6. The fraction of sp³-hybridized carbons (Fsp3) is 0.417. The number of carbonyl (C=O) groups excluding carboxylic acids is 1. The predicted octanol–water partition coefficient (Wildman–Crippen LogP) is 2.47. The van der Waals surface area contributed by atoms with Crippen LogP contribution >= 0.6 is 34.8 Å². The van der Waals surface area contributed by atoms with Crippen molar-refractivity contribution in [3.8, 4) is 0 Å². The van der Waals surface area contributed by atoms with Crippen LogP contribution in [0.5, 0.6) is 0 Å². The largest absolute Gasteiger partial charge is 0.370 e. The number of aliphatic hydroxyl groups is 1. The maximum Gasteiger partial charge on any atom is 0.222 e. The third kappa shape index (κ3) is 5.02. The number of aryl methyl sites for hydroxylation is 1. The van der Waals surface area contributed by atoms with Crippen molar-refractivity contribution >= 4 is 40.7 Å². The molecule has 0 radical (unpaired) electrons. The molecule has 0 aliphatic heterocycles. The Kier molecular flexibility index (Phi) is 6.22. The van der Waals surface area contributed by atoms with Crippen molar-refractivity contribution in [2.75, 3.05) is 5.88 Å². The summed E-state index contributed by atoms with van der Waals surface area (Å²) in [7, 11) is 0. The molecule has 1 amide bonds. The predicted molar refractivity (Wildman–Crippen MR) is 74.1 cm³/mol. The third-order valence-corrected chi connectivity index (χ3v) is 3.74. The van der Waals surface area contributed by atoms with E-state index in [1.54, 1.807) is 0 Å². The van der Waals surface area contributed by atoms with E-state index in [9.17, 15) is 9.90 Å². The number of hydrogen-bond donors (Lipinski definition) is 2. The van der Waals surface area contributed by atoms with Crippen LogP contribution in [-0.4, -0.2) is 27.5 Å². The first-order chi connectivity index (χ1) is 8.45. The van der Waals surface area contributed by atoms with Crippen molar-refractivity contribution < 1.29 is 9.90 Å². The van der Waals surface area contributed by atoms with E-state index < -0.39 is 10.6 Å². The summed E-state index contributed by atoms with van der Waals surface area (Å²) in [6.45, 7) is 0. The van der Waals surface area contributed by atoms with Gasteiger partial charge in [-0.2, -0.15) is 0 Å². The van der Waals surface area contributed by atoms with Crippen molar-refractivity contribution in [3.63, 3.8) is 0 Å². The molecule has 1 atom stereocenters. The van der Waals surface area contributed by atoms with Gasteiger partial charge in [0, 0.05) is 6.42 Å². The summed E-state index contributed by atoms with van der Waals surface area (Å²) in [5, 5.41) is 11.9. The standard InChI is InChI=1S/C12H14Cl3NO2/c13-8-12(14,15)11(18)16-10(17)7-6-9-4-2-1-3-5-9/h1-5,11,18H,6-8H2,(H,16,17). The molecule has 0 aliphatic rings. The van der Waals surface area contributed by atoms with E-state index in [1.165, 1.54) is 0 Å². The lowest BCUT2D eigenvalue weighted by atomic mass is 10.1. The van der Waals surface area contributed by atoms with Crippen LogP contribution in [0.1, 0.15) is 12.0 Å². The van der Waals surface area contributed by atoms with Gasteiger partial charge in [-0.05, 0) is 12.0 Å². The lowest BCUT2D eigenvalue weighted by Gasteiger charge is -2.23. The Morgan fingerprint density at radius 1 is 1.33 bits per heavy atom. The molecule has 0 saturated heterocycles. The van der Waals surface area contributed by atoms with Crippen molar-refractivity contribution in [3.05, 3.63) is 35.9 Å². The van der Waals surface area contributed by atoms with Crippen LogP contribution in [-0.2, 0) is 11.2 Å². The van der Waals surface area contributed by atoms with Crippen LogP contribution in [0.4, 0.5) is 0 Å². The lowest BCUT2D eigenvalue weighted by molar-refractivity contribution is -0.124. The van der Waals surface area contributed by atoms with Crippen LogP contribution in [0.2, 0.25) is 0 Å². The summed E-state index contributed by atoms with van der Waals surface area (Å²) >= 11 is 16.9. The number of rotatable bonds is 6. The van der Waals surface area contributed by atoms with E-state index in [-0.39, 0.29) is 18.2 Å². The van der Waals surface area contributed by atoms with E-state index in [2.05, 4.69) is 5.32 Å². The molecule has 0 spiro atoms. The molecular formula is C12H14Cl3NO2. The van der Waals surface area contributed by atoms with Gasteiger partial charge in [-0.25, -0.2) is 0 Å². The van der Waals surface area contributed by atoms with Gasteiger partial charge in [0.25, 0.3) is 0 Å². The first-order valence-electron chi connectivity index (χ1n) is 5.41. The molecule has 1 aromatic rings. The van der Waals surface area contributed by atoms with Gasteiger partial charge in [0.05, 0.1) is 5.88 Å². The van der Waals surface area contributed by atoms with Gasteiger partial charge in [-0.3, -0.25) is 4.79 Å². The minimum absolute atomic E-state index is 0.184. The summed E-state index contributed by atoms with van der Waals surface area (Å²) in [4.78, 5) is 11.6. The third-order valence-electron chi connectivity index (χ3n) is 2.36. The Hall–Kier alpha value is -0.480. The second-order valence-electron chi connectivity index (χ2n) is 3.85. The highest BCUT2D eigenvalue weighted by atomic mass is 35.5. The van der Waals surface area contributed by atoms with E-state index in [4.69, 9.17) is 34.8 Å². The molecule has 100 valence electrons. The topological polar surface area (TPSA) is 49.3 Å². The van der Waals surface area contributed by atoms with Crippen molar-refractivity contribution in [1.82, 2.24) is 5.32 Å². The van der Waals surface area contributed by atoms with Gasteiger partial charge in [0.15, 0.2) is 10.6 Å². The Balaban J connectivity index is 2.39. The van der Waals surface area contributed by atoms with Gasteiger partial charge >= 0.3 is 0 Å². The van der Waals surface area contributed by atoms with Crippen LogP contribution in [0, 0.1) is 0 Å². The monoisotopic (exact) mass is 309 g/mol. The van der Waals surface area contributed by atoms with E-state index in [0.717, 1.165) is 5.56 Å². The fourth-order valence-corrected chi connectivity index (χ4v) is 1.56. The number of halogens is 3. The molecule has 1 rings (SSSR count). The number of benzene rings is 1. The highest BCUT2D eigenvalue weighted by Crippen LogP contribution is 2.25. The van der Waals surface area contributed by atoms with E-state index in [1.807, 2.05) is 30.3 Å². The van der Waals surface area contributed by atoms with Crippen LogP contribution in [0.25, 0.3) is 0 Å². The Labute approximate surface area is 121 Å². The van der Waals surface area contributed by atoms with Gasteiger partial charge < -0.3 is 10.4 Å². The summed E-state index contributed by atoms with van der Waals surface area (Å²) < 4.78 is -1.58. The molecule has 0 saturated carbocycles. The van der Waals surface area contributed by atoms with E-state index >= 15 is 0 Å². The number of amides is 1. The first-order valence-corrected chi connectivity index (χ1v) is 6.70. The molecule has 1 aromatic carbocycles. The van der Waals surface area contributed by atoms with Gasteiger partial charge in [0.1, 0.15) is 0 Å². The van der Waals surface area contributed by atoms with Crippen molar-refractivity contribution in [1.29, 1.82) is 0 Å². The molecule has 3 nitrogen and oxygen atoms in total. The average molecular weight is 311 g/mol. The van der Waals surface area contributed by atoms with Crippen LogP contribution < -0.4 is 5.32 Å². The highest BCUT2D eigenvalue weighted by molar-refractivity contribution is 6.52. The van der Waals surface area contributed by atoms with Crippen LogP contribution in [0.3, 0.4) is 0 Å². The maximum absolute atomic E-state index is 11.6. The Morgan fingerprint density at radius 2 is 1.94 bits per heavy atom. The van der Waals surface area contributed by atoms with Gasteiger partial charge in [-0.1, -0.05) is 53.5 Å². The molecule has 18 heavy (non-hydrogen) atoms. The lowest BCUT2D eigenvalue weighted by Crippen LogP contribution is -2.47.